The second-order valence-corrected chi connectivity index (χ2v) is 17.7. The molecule has 4 N–H and O–H groups in total. The second kappa shape index (κ2) is 21.8. The maximum atomic E-state index is 13.9. The van der Waals surface area contributed by atoms with Crippen LogP contribution in [0.1, 0.15) is 66.9 Å². The third kappa shape index (κ3) is 11.8. The minimum atomic E-state index is -1.80. The highest BCUT2D eigenvalue weighted by Crippen LogP contribution is 2.42. The maximum absolute atomic E-state index is 13.9. The number of esters is 2. The molecular weight excluding hydrogens is 893 g/mol. The number of carbonyl (C=O) groups excluding carboxylic acids is 6. The van der Waals surface area contributed by atoms with Crippen molar-refractivity contribution in [1.29, 1.82) is 0 Å². The molecule has 5 aromatic carbocycles. The van der Waals surface area contributed by atoms with Crippen LogP contribution in [0.25, 0.3) is 0 Å². The number of thioether (sulfide) groups is 1. The lowest BCUT2D eigenvalue weighted by atomic mass is 10.0. The Morgan fingerprint density at radius 1 is 0.721 bits per heavy atom. The van der Waals surface area contributed by atoms with Gasteiger partial charge in [0.25, 0.3) is 11.8 Å². The fourth-order valence-electron chi connectivity index (χ4n) is 7.37. The molecule has 16 nitrogen and oxygen atoms in total. The van der Waals surface area contributed by atoms with Crippen LogP contribution < -0.4 is 16.0 Å². The highest BCUT2D eigenvalue weighted by atomic mass is 32.2. The number of hydrogen-bond acceptors (Lipinski definition) is 13. The van der Waals surface area contributed by atoms with Crippen LogP contribution in [-0.4, -0.2) is 88.5 Å². The summed E-state index contributed by atoms with van der Waals surface area (Å²) in [6.07, 6.45) is -5.45. The summed E-state index contributed by atoms with van der Waals surface area (Å²) in [5.74, 6) is -2.81. The van der Waals surface area contributed by atoms with Crippen molar-refractivity contribution in [2.75, 3.05) is 24.8 Å². The Balaban J connectivity index is 0.980. The average molecular weight is 943 g/mol. The van der Waals surface area contributed by atoms with E-state index in [0.29, 0.717) is 22.3 Å². The van der Waals surface area contributed by atoms with Crippen LogP contribution in [0.15, 0.2) is 157 Å². The number of hydrogen-bond donors (Lipinski definition) is 4. The van der Waals surface area contributed by atoms with E-state index in [1.54, 1.807) is 69.3 Å². The summed E-state index contributed by atoms with van der Waals surface area (Å²) >= 11 is 1.26. The van der Waals surface area contributed by atoms with E-state index in [1.165, 1.54) is 48.0 Å². The van der Waals surface area contributed by atoms with Crippen molar-refractivity contribution in [3.8, 4) is 0 Å². The van der Waals surface area contributed by atoms with Crippen molar-refractivity contribution in [3.05, 3.63) is 185 Å². The molecule has 0 bridgehead atoms. The van der Waals surface area contributed by atoms with E-state index in [9.17, 15) is 33.9 Å². The molecule has 4 amide bonds. The molecule has 352 valence electrons. The van der Waals surface area contributed by atoms with Crippen molar-refractivity contribution in [1.82, 2.24) is 15.5 Å². The first kappa shape index (κ1) is 48.3. The predicted octanol–water partition coefficient (Wildman–Crippen LogP) is 7.09. The molecule has 4 atom stereocenters. The molecule has 1 unspecified atom stereocenters. The van der Waals surface area contributed by atoms with Gasteiger partial charge in [-0.1, -0.05) is 133 Å². The molecule has 1 fully saturated rings. The zero-order valence-electron chi connectivity index (χ0n) is 37.5. The molecule has 2 aliphatic heterocycles. The Labute approximate surface area is 396 Å². The molecule has 17 heteroatoms. The molecule has 2 aliphatic rings. The number of amides is 4. The summed E-state index contributed by atoms with van der Waals surface area (Å²) in [4.78, 5) is 82.2. The lowest BCUT2D eigenvalue weighted by Crippen LogP contribution is -2.71. The lowest BCUT2D eigenvalue weighted by Gasteiger charge is -2.49. The standard InChI is InChI=1S/C51H50N4O12S/c1-51(2,3)67-50(62)53-37(47(59)65-42(31-18-9-5-10-19-31)32-20-11-6-12-21-32)29-64-49(61)52-36-27-17-26-35(28-36)41(56)44(57)54-39-45(58)55-40(38(63-4)30-68-46(39)55)48(60)66-43(33-22-13-7-14-23-33)34-24-15-8-16-25-34/h5-28,37,39,41-43,46,56H,29-30H2,1-4H3,(H,52,61)(H,53,62)(H,54,57)/t37?,39-,41-,46-/m1/s1. The summed E-state index contributed by atoms with van der Waals surface area (Å²) in [7, 11) is 1.39. The normalized spacial score (nSPS) is 16.3. The molecule has 0 saturated carbocycles. The third-order valence-corrected chi connectivity index (χ3v) is 11.8. The molecule has 0 aliphatic carbocycles. The number of benzene rings is 5. The van der Waals surface area contributed by atoms with Gasteiger partial charge in [-0.15, -0.1) is 11.8 Å². The Kier molecular flexibility index (Phi) is 15.5. The number of aliphatic hydroxyl groups excluding tert-OH is 1. The summed E-state index contributed by atoms with van der Waals surface area (Å²) in [5, 5.41) is 18.0. The minimum absolute atomic E-state index is 0.0554. The summed E-state index contributed by atoms with van der Waals surface area (Å²) < 4.78 is 28.3. The number of methoxy groups -OCH3 is 1. The molecule has 7 rings (SSSR count). The number of aliphatic hydroxyl groups is 1. The van der Waals surface area contributed by atoms with Gasteiger partial charge in [0.15, 0.2) is 30.1 Å². The number of alkyl carbamates (subject to hydrolysis) is 1. The topological polar surface area (TPSA) is 208 Å². The van der Waals surface area contributed by atoms with Crippen LogP contribution in [0.3, 0.4) is 0 Å². The van der Waals surface area contributed by atoms with Gasteiger partial charge in [0.2, 0.25) is 0 Å². The fraction of sp³-hybridized carbons (Fsp3) is 0.255. The number of anilines is 1. The number of rotatable bonds is 16. The van der Waals surface area contributed by atoms with Gasteiger partial charge in [0.1, 0.15) is 29.4 Å². The first-order chi connectivity index (χ1) is 32.7. The molecular formula is C51H50N4O12S. The van der Waals surface area contributed by atoms with Crippen LogP contribution in [0, 0.1) is 0 Å². The number of carbonyl (C=O) groups is 6. The van der Waals surface area contributed by atoms with Crippen molar-refractivity contribution in [3.63, 3.8) is 0 Å². The molecule has 0 aromatic heterocycles. The second-order valence-electron chi connectivity index (χ2n) is 16.6. The highest BCUT2D eigenvalue weighted by Gasteiger charge is 2.55. The highest BCUT2D eigenvalue weighted by molar-refractivity contribution is 8.00. The molecule has 0 radical (unpaired) electrons. The van der Waals surface area contributed by atoms with E-state index in [2.05, 4.69) is 16.0 Å². The summed E-state index contributed by atoms with van der Waals surface area (Å²) in [6.45, 7) is 4.28. The van der Waals surface area contributed by atoms with Gasteiger partial charge < -0.3 is 39.4 Å². The van der Waals surface area contributed by atoms with Crippen LogP contribution >= 0.6 is 11.8 Å². The molecule has 5 aromatic rings. The first-order valence-corrected chi connectivity index (χ1v) is 22.6. The van der Waals surface area contributed by atoms with Gasteiger partial charge in [0, 0.05) is 5.69 Å². The van der Waals surface area contributed by atoms with Crippen LogP contribution in [0.4, 0.5) is 15.3 Å². The van der Waals surface area contributed by atoms with Gasteiger partial charge in [0.05, 0.1) is 12.9 Å². The van der Waals surface area contributed by atoms with Gasteiger partial charge in [-0.3, -0.25) is 19.8 Å². The quantitative estimate of drug-likeness (QED) is 0.0444. The summed E-state index contributed by atoms with van der Waals surface area (Å²) in [6, 6.07) is 39.4. The Bertz CT molecular complexity index is 2550. The number of nitrogens with one attached hydrogen (secondary N) is 3. The van der Waals surface area contributed by atoms with E-state index in [-0.39, 0.29) is 28.5 Å². The smallest absolute Gasteiger partial charge is 0.411 e. The van der Waals surface area contributed by atoms with Crippen molar-refractivity contribution in [2.45, 2.75) is 62.1 Å². The van der Waals surface area contributed by atoms with E-state index < -0.39 is 83.9 Å². The third-order valence-electron chi connectivity index (χ3n) is 10.6. The van der Waals surface area contributed by atoms with Crippen LogP contribution in [-0.2, 0) is 42.9 Å². The van der Waals surface area contributed by atoms with Gasteiger partial charge in [-0.2, -0.15) is 0 Å². The van der Waals surface area contributed by atoms with Gasteiger partial charge >= 0.3 is 24.1 Å². The Morgan fingerprint density at radius 2 is 1.24 bits per heavy atom. The minimum Gasteiger partial charge on any atom is -0.498 e. The predicted molar refractivity (Wildman–Crippen MR) is 250 cm³/mol. The van der Waals surface area contributed by atoms with E-state index in [4.69, 9.17) is 23.7 Å². The van der Waals surface area contributed by atoms with E-state index in [0.717, 1.165) is 0 Å². The first-order valence-electron chi connectivity index (χ1n) is 21.6. The van der Waals surface area contributed by atoms with Crippen LogP contribution in [0.2, 0.25) is 0 Å². The Morgan fingerprint density at radius 3 is 1.75 bits per heavy atom. The zero-order valence-corrected chi connectivity index (χ0v) is 38.3. The van der Waals surface area contributed by atoms with Crippen LogP contribution in [0.5, 0.6) is 0 Å². The summed E-state index contributed by atoms with van der Waals surface area (Å²) in [5.41, 5.74) is 1.92. The molecule has 0 spiro atoms. The SMILES string of the molecule is COC1=C(C(=O)OC(c2ccccc2)c2ccccc2)N2C(=O)[C@@H](NC(=O)[C@H](O)c3cccc(NC(=O)OCC(NC(=O)OC(C)(C)C)C(=O)OC(c4ccccc4)c4ccccc4)c3)[C@H]2SC1. The number of β-lactam (4-membered cyclic amide) rings is 1. The number of fused-ring (bicyclic) bond motifs is 1. The molecule has 2 heterocycles. The van der Waals surface area contributed by atoms with Crippen molar-refractivity contribution >= 4 is 53.4 Å². The van der Waals surface area contributed by atoms with Gasteiger partial charge in [-0.25, -0.2) is 19.2 Å². The number of ether oxygens (including phenoxy) is 5. The van der Waals surface area contributed by atoms with Crippen molar-refractivity contribution < 1.29 is 57.6 Å². The average Bonchev–Trinajstić information content (AvgIpc) is 3.34. The monoisotopic (exact) mass is 942 g/mol. The van der Waals surface area contributed by atoms with E-state index in [1.807, 2.05) is 72.8 Å². The molecule has 1 saturated heterocycles. The van der Waals surface area contributed by atoms with E-state index >= 15 is 0 Å². The largest absolute Gasteiger partial charge is 0.498 e. The van der Waals surface area contributed by atoms with Crippen molar-refractivity contribution in [2.24, 2.45) is 0 Å². The lowest BCUT2D eigenvalue weighted by molar-refractivity contribution is -0.155. The zero-order chi connectivity index (χ0) is 48.4. The van der Waals surface area contributed by atoms with Gasteiger partial charge in [-0.05, 0) is 60.7 Å². The Hall–Kier alpha value is -7.63. The number of nitrogens with zero attached hydrogens (tertiary/aromatic N) is 1. The fourth-order valence-corrected chi connectivity index (χ4v) is 8.68. The maximum Gasteiger partial charge on any atom is 0.411 e. The molecule has 68 heavy (non-hydrogen) atoms.